The molecule has 0 radical (unpaired) electrons. The van der Waals surface area contributed by atoms with E-state index in [-0.39, 0.29) is 11.6 Å². The number of rotatable bonds is 2. The zero-order chi connectivity index (χ0) is 12.4. The Morgan fingerprint density at radius 2 is 2.18 bits per heavy atom. The van der Waals surface area contributed by atoms with Crippen molar-refractivity contribution >= 4 is 17.5 Å². The van der Waals surface area contributed by atoms with Crippen LogP contribution >= 0.6 is 11.6 Å². The molecule has 0 spiro atoms. The Labute approximate surface area is 102 Å². The average molecular weight is 254 g/mol. The van der Waals surface area contributed by atoms with Crippen molar-refractivity contribution in [1.82, 2.24) is 9.97 Å². The molecule has 0 atom stereocenters. The largest absolute Gasteiger partial charge is 0.495 e. The van der Waals surface area contributed by atoms with E-state index in [1.165, 1.54) is 7.11 Å². The third kappa shape index (κ3) is 2.29. The summed E-state index contributed by atoms with van der Waals surface area (Å²) in [4.78, 5) is 7.40. The molecule has 2 rings (SSSR count). The Morgan fingerprint density at radius 1 is 1.41 bits per heavy atom. The molecule has 1 heterocycles. The summed E-state index contributed by atoms with van der Waals surface area (Å²) in [5, 5.41) is 0.443. The number of anilines is 1. The lowest BCUT2D eigenvalue weighted by Gasteiger charge is -2.07. The molecule has 4 nitrogen and oxygen atoms in total. The predicted molar refractivity (Wildman–Crippen MR) is 63.4 cm³/mol. The first kappa shape index (κ1) is 11.6. The predicted octanol–water partition coefficient (Wildman–Crippen LogP) is 2.53. The van der Waals surface area contributed by atoms with Gasteiger partial charge in [0.2, 0.25) is 5.95 Å². The number of methoxy groups -OCH3 is 1. The minimum atomic E-state index is -0.552. The molecule has 0 amide bonds. The first-order chi connectivity index (χ1) is 8.11. The second kappa shape index (κ2) is 4.55. The lowest BCUT2D eigenvalue weighted by molar-refractivity contribution is 0.415. The lowest BCUT2D eigenvalue weighted by atomic mass is 10.1. The minimum absolute atomic E-state index is 0.00955. The van der Waals surface area contributed by atoms with Crippen LogP contribution in [0.4, 0.5) is 10.3 Å². The molecule has 2 N–H and O–H groups in total. The molecule has 2 aromatic rings. The van der Waals surface area contributed by atoms with Crippen molar-refractivity contribution in [3.05, 3.63) is 35.2 Å². The zero-order valence-electron chi connectivity index (χ0n) is 8.95. The van der Waals surface area contributed by atoms with E-state index in [4.69, 9.17) is 22.1 Å². The van der Waals surface area contributed by atoms with E-state index in [0.717, 1.165) is 6.20 Å². The molecule has 0 aliphatic rings. The summed E-state index contributed by atoms with van der Waals surface area (Å²) in [7, 11) is 1.48. The topological polar surface area (TPSA) is 61.0 Å². The first-order valence-electron chi connectivity index (χ1n) is 4.73. The number of nitrogen functional groups attached to an aromatic ring is 1. The summed E-state index contributed by atoms with van der Waals surface area (Å²) in [5.41, 5.74) is 6.06. The van der Waals surface area contributed by atoms with Gasteiger partial charge < -0.3 is 10.5 Å². The Bertz CT molecular complexity index is 562. The molecule has 0 saturated carbocycles. The van der Waals surface area contributed by atoms with E-state index in [9.17, 15) is 4.39 Å². The molecule has 0 fully saturated rings. The van der Waals surface area contributed by atoms with Gasteiger partial charge >= 0.3 is 0 Å². The van der Waals surface area contributed by atoms with Crippen LogP contribution in [0.1, 0.15) is 0 Å². The second-order valence-electron chi connectivity index (χ2n) is 3.27. The second-order valence-corrected chi connectivity index (χ2v) is 3.68. The van der Waals surface area contributed by atoms with Gasteiger partial charge in [-0.3, -0.25) is 0 Å². The maximum Gasteiger partial charge on any atom is 0.220 e. The maximum atomic E-state index is 13.5. The highest BCUT2D eigenvalue weighted by Gasteiger charge is 2.10. The summed E-state index contributed by atoms with van der Waals surface area (Å²) in [5.74, 6) is -0.0976. The Morgan fingerprint density at radius 3 is 2.88 bits per heavy atom. The zero-order valence-corrected chi connectivity index (χ0v) is 9.70. The molecule has 88 valence electrons. The Hall–Kier alpha value is -1.88. The van der Waals surface area contributed by atoms with Crippen molar-refractivity contribution in [2.75, 3.05) is 12.8 Å². The maximum absolute atomic E-state index is 13.5. The van der Waals surface area contributed by atoms with Gasteiger partial charge in [-0.15, -0.1) is 0 Å². The van der Waals surface area contributed by atoms with E-state index in [0.29, 0.717) is 16.3 Å². The summed E-state index contributed by atoms with van der Waals surface area (Å²) in [6, 6.07) is 4.83. The standard InChI is InChI=1S/C11H9ClFN3O/c1-17-9-4-6(2-3-7(9)12)10-8(13)5-15-11(14)16-10/h2-5H,1H3,(H2,14,15,16). The molecule has 1 aromatic heterocycles. The highest BCUT2D eigenvalue weighted by molar-refractivity contribution is 6.32. The van der Waals surface area contributed by atoms with Crippen molar-refractivity contribution in [3.63, 3.8) is 0 Å². The van der Waals surface area contributed by atoms with Gasteiger partial charge in [0.15, 0.2) is 5.82 Å². The number of halogens is 2. The van der Waals surface area contributed by atoms with Gasteiger partial charge in [0.25, 0.3) is 0 Å². The Balaban J connectivity index is 2.56. The van der Waals surface area contributed by atoms with E-state index in [1.54, 1.807) is 18.2 Å². The van der Waals surface area contributed by atoms with Gasteiger partial charge in [-0.25, -0.2) is 14.4 Å². The van der Waals surface area contributed by atoms with E-state index < -0.39 is 5.82 Å². The van der Waals surface area contributed by atoms with E-state index in [2.05, 4.69) is 9.97 Å². The minimum Gasteiger partial charge on any atom is -0.495 e. The number of nitrogens with two attached hydrogens (primary N) is 1. The molecule has 0 aliphatic heterocycles. The molecular formula is C11H9ClFN3O. The molecule has 17 heavy (non-hydrogen) atoms. The van der Waals surface area contributed by atoms with Crippen LogP contribution in [0.25, 0.3) is 11.3 Å². The van der Waals surface area contributed by atoms with E-state index >= 15 is 0 Å². The van der Waals surface area contributed by atoms with Gasteiger partial charge in [-0.2, -0.15) is 0 Å². The lowest BCUT2D eigenvalue weighted by Crippen LogP contribution is -1.99. The molecule has 6 heteroatoms. The highest BCUT2D eigenvalue weighted by Crippen LogP contribution is 2.30. The molecule has 0 bridgehead atoms. The SMILES string of the molecule is COc1cc(-c2nc(N)ncc2F)ccc1Cl. The number of ether oxygens (including phenoxy) is 1. The molecule has 0 saturated heterocycles. The van der Waals surface area contributed by atoms with Crippen molar-refractivity contribution in [2.45, 2.75) is 0 Å². The van der Waals surface area contributed by atoms with Gasteiger partial charge in [-0.05, 0) is 12.1 Å². The van der Waals surface area contributed by atoms with Gasteiger partial charge in [0, 0.05) is 5.56 Å². The molecular weight excluding hydrogens is 245 g/mol. The number of hydrogen-bond donors (Lipinski definition) is 1. The van der Waals surface area contributed by atoms with Crippen LogP contribution < -0.4 is 10.5 Å². The third-order valence-corrected chi connectivity index (χ3v) is 2.50. The highest BCUT2D eigenvalue weighted by atomic mass is 35.5. The van der Waals surface area contributed by atoms with Gasteiger partial charge in [0.05, 0.1) is 18.3 Å². The number of benzene rings is 1. The van der Waals surface area contributed by atoms with Crippen LogP contribution in [0, 0.1) is 5.82 Å². The summed E-state index contributed by atoms with van der Waals surface area (Å²) in [6.45, 7) is 0. The van der Waals surface area contributed by atoms with Crippen molar-refractivity contribution in [3.8, 4) is 17.0 Å². The quantitative estimate of drug-likeness (QED) is 0.893. The van der Waals surface area contributed by atoms with Crippen molar-refractivity contribution in [1.29, 1.82) is 0 Å². The van der Waals surface area contributed by atoms with Crippen LogP contribution in [0.2, 0.25) is 5.02 Å². The van der Waals surface area contributed by atoms with Crippen molar-refractivity contribution in [2.24, 2.45) is 0 Å². The van der Waals surface area contributed by atoms with Crippen LogP contribution in [0.5, 0.6) is 5.75 Å². The first-order valence-corrected chi connectivity index (χ1v) is 5.11. The monoisotopic (exact) mass is 253 g/mol. The summed E-state index contributed by atoms with van der Waals surface area (Å²) in [6.07, 6.45) is 1.03. The van der Waals surface area contributed by atoms with Crippen LogP contribution in [-0.4, -0.2) is 17.1 Å². The average Bonchev–Trinajstić information content (AvgIpc) is 2.33. The van der Waals surface area contributed by atoms with Crippen molar-refractivity contribution < 1.29 is 9.13 Å². The van der Waals surface area contributed by atoms with Crippen LogP contribution in [0.15, 0.2) is 24.4 Å². The Kier molecular flexibility index (Phi) is 3.10. The number of nitrogens with zero attached hydrogens (tertiary/aromatic N) is 2. The molecule has 0 unspecified atom stereocenters. The summed E-state index contributed by atoms with van der Waals surface area (Å²) >= 11 is 5.88. The third-order valence-electron chi connectivity index (χ3n) is 2.19. The fraction of sp³-hybridized carbons (Fsp3) is 0.0909. The van der Waals surface area contributed by atoms with Gasteiger partial charge in [-0.1, -0.05) is 17.7 Å². The normalized spacial score (nSPS) is 10.3. The number of hydrogen-bond acceptors (Lipinski definition) is 4. The molecule has 1 aromatic carbocycles. The van der Waals surface area contributed by atoms with E-state index in [1.807, 2.05) is 0 Å². The molecule has 0 aliphatic carbocycles. The van der Waals surface area contributed by atoms with Crippen LogP contribution in [0.3, 0.4) is 0 Å². The summed E-state index contributed by atoms with van der Waals surface area (Å²) < 4.78 is 18.6. The van der Waals surface area contributed by atoms with Crippen LogP contribution in [-0.2, 0) is 0 Å². The smallest absolute Gasteiger partial charge is 0.220 e. The van der Waals surface area contributed by atoms with Gasteiger partial charge in [0.1, 0.15) is 11.4 Å². The fourth-order valence-corrected chi connectivity index (χ4v) is 1.58. The number of aromatic nitrogens is 2. The fourth-order valence-electron chi connectivity index (χ4n) is 1.39.